The predicted molar refractivity (Wildman–Crippen MR) is 70.8 cm³/mol. The zero-order valence-electron chi connectivity index (χ0n) is 9.43. The van der Waals surface area contributed by atoms with E-state index in [1.165, 1.54) is 4.68 Å². The molecule has 0 fully saturated rings. The van der Waals surface area contributed by atoms with Crippen LogP contribution in [0.25, 0.3) is 5.69 Å². The van der Waals surface area contributed by atoms with E-state index in [9.17, 15) is 0 Å². The van der Waals surface area contributed by atoms with E-state index in [0.29, 0.717) is 27.0 Å². The second-order valence-electron chi connectivity index (χ2n) is 3.63. The lowest BCUT2D eigenvalue weighted by atomic mass is 10.1. The van der Waals surface area contributed by atoms with E-state index in [0.717, 1.165) is 0 Å². The molecule has 0 atom stereocenters. The summed E-state index contributed by atoms with van der Waals surface area (Å²) in [5, 5.41) is 16.9. The molecule has 0 unspecified atom stereocenters. The first kappa shape index (κ1) is 12.7. The summed E-state index contributed by atoms with van der Waals surface area (Å²) in [6.45, 7) is 1.78. The Labute approximate surface area is 113 Å². The Balaban J connectivity index is 2.68. The van der Waals surface area contributed by atoms with E-state index in [4.69, 9.17) is 34.1 Å². The van der Waals surface area contributed by atoms with Gasteiger partial charge in [-0.05, 0) is 19.1 Å². The SMILES string of the molecule is Cc1nn(-c2cccc(Cl)c2C(N)=NO)cc1Cl. The number of benzene rings is 1. The molecule has 1 aromatic carbocycles. The van der Waals surface area contributed by atoms with E-state index in [-0.39, 0.29) is 5.84 Å². The number of nitrogens with zero attached hydrogens (tertiary/aromatic N) is 3. The van der Waals surface area contributed by atoms with Crippen molar-refractivity contribution in [1.82, 2.24) is 9.78 Å². The van der Waals surface area contributed by atoms with Crippen LogP contribution in [0.15, 0.2) is 29.6 Å². The molecular weight excluding hydrogens is 275 g/mol. The van der Waals surface area contributed by atoms with Crippen LogP contribution in [0.2, 0.25) is 10.0 Å². The molecule has 7 heteroatoms. The summed E-state index contributed by atoms with van der Waals surface area (Å²) in [5.74, 6) is -0.0834. The molecule has 0 saturated carbocycles. The van der Waals surface area contributed by atoms with Crippen molar-refractivity contribution in [1.29, 1.82) is 0 Å². The zero-order chi connectivity index (χ0) is 13.3. The van der Waals surface area contributed by atoms with Crippen molar-refractivity contribution in [2.75, 3.05) is 0 Å². The van der Waals surface area contributed by atoms with Gasteiger partial charge >= 0.3 is 0 Å². The fourth-order valence-electron chi connectivity index (χ4n) is 1.57. The molecule has 1 aromatic heterocycles. The number of halogens is 2. The normalized spacial score (nSPS) is 11.8. The lowest BCUT2D eigenvalue weighted by Gasteiger charge is -2.09. The lowest BCUT2D eigenvalue weighted by Crippen LogP contribution is -2.17. The second-order valence-corrected chi connectivity index (χ2v) is 4.44. The zero-order valence-corrected chi connectivity index (χ0v) is 10.9. The molecule has 0 spiro atoms. The minimum Gasteiger partial charge on any atom is -0.409 e. The van der Waals surface area contributed by atoms with Gasteiger partial charge in [0.05, 0.1) is 27.0 Å². The van der Waals surface area contributed by atoms with Gasteiger partial charge in [-0.2, -0.15) is 5.10 Å². The van der Waals surface area contributed by atoms with Gasteiger partial charge in [-0.25, -0.2) is 4.68 Å². The maximum absolute atomic E-state index is 8.79. The van der Waals surface area contributed by atoms with Crippen molar-refractivity contribution in [2.45, 2.75) is 6.92 Å². The maximum atomic E-state index is 8.79. The summed E-state index contributed by atoms with van der Waals surface area (Å²) in [6.07, 6.45) is 1.64. The average molecular weight is 285 g/mol. The molecule has 0 aliphatic carbocycles. The number of nitrogens with two attached hydrogens (primary N) is 1. The highest BCUT2D eigenvalue weighted by atomic mass is 35.5. The molecule has 3 N–H and O–H groups in total. The molecule has 0 bridgehead atoms. The largest absolute Gasteiger partial charge is 0.409 e. The van der Waals surface area contributed by atoms with Gasteiger partial charge in [0.15, 0.2) is 5.84 Å². The van der Waals surface area contributed by atoms with Crippen LogP contribution in [-0.2, 0) is 0 Å². The van der Waals surface area contributed by atoms with Gasteiger partial charge in [-0.1, -0.05) is 34.4 Å². The molecule has 5 nitrogen and oxygen atoms in total. The summed E-state index contributed by atoms with van der Waals surface area (Å²) in [6, 6.07) is 5.15. The van der Waals surface area contributed by atoms with Crippen LogP contribution in [0.4, 0.5) is 0 Å². The van der Waals surface area contributed by atoms with Crippen LogP contribution >= 0.6 is 23.2 Å². The van der Waals surface area contributed by atoms with Crippen LogP contribution in [0, 0.1) is 6.92 Å². The van der Waals surface area contributed by atoms with Gasteiger partial charge in [-0.3, -0.25) is 0 Å². The van der Waals surface area contributed by atoms with Gasteiger partial charge in [0.25, 0.3) is 0 Å². The average Bonchev–Trinajstić information content (AvgIpc) is 2.68. The van der Waals surface area contributed by atoms with Crippen LogP contribution in [-0.4, -0.2) is 20.8 Å². The Bertz CT molecular complexity index is 602. The predicted octanol–water partition coefficient (Wildman–Crippen LogP) is 2.58. The molecule has 0 radical (unpaired) electrons. The van der Waals surface area contributed by atoms with Gasteiger partial charge in [0, 0.05) is 6.20 Å². The van der Waals surface area contributed by atoms with E-state index >= 15 is 0 Å². The Morgan fingerprint density at radius 3 is 2.67 bits per heavy atom. The van der Waals surface area contributed by atoms with Crippen molar-refractivity contribution in [3.63, 3.8) is 0 Å². The smallest absolute Gasteiger partial charge is 0.173 e. The first-order valence-corrected chi connectivity index (χ1v) is 5.78. The molecule has 0 aliphatic rings. The third-order valence-corrected chi connectivity index (χ3v) is 3.13. The molecule has 94 valence electrons. The molecule has 2 rings (SSSR count). The summed E-state index contributed by atoms with van der Waals surface area (Å²) in [7, 11) is 0. The number of hydrogen-bond donors (Lipinski definition) is 2. The number of aromatic nitrogens is 2. The third-order valence-electron chi connectivity index (χ3n) is 2.44. The molecule has 0 aliphatic heterocycles. The monoisotopic (exact) mass is 284 g/mol. The van der Waals surface area contributed by atoms with E-state index in [1.807, 2.05) is 0 Å². The lowest BCUT2D eigenvalue weighted by molar-refractivity contribution is 0.318. The van der Waals surface area contributed by atoms with Crippen LogP contribution in [0.5, 0.6) is 0 Å². The van der Waals surface area contributed by atoms with Gasteiger partial charge in [0.1, 0.15) is 0 Å². The number of aryl methyl sites for hydroxylation is 1. The van der Waals surface area contributed by atoms with Crippen molar-refractivity contribution < 1.29 is 5.21 Å². The van der Waals surface area contributed by atoms with Crippen molar-refractivity contribution in [3.8, 4) is 5.69 Å². The first-order chi connectivity index (χ1) is 8.54. The van der Waals surface area contributed by atoms with Gasteiger partial charge in [0.2, 0.25) is 0 Å². The maximum Gasteiger partial charge on any atom is 0.173 e. The standard InChI is InChI=1S/C11H10Cl2N4O/c1-6-8(13)5-17(15-6)9-4-2-3-7(12)10(9)11(14)16-18/h2-5,18H,1H3,(H2,14,16). The van der Waals surface area contributed by atoms with Crippen LogP contribution in [0.1, 0.15) is 11.3 Å². The summed E-state index contributed by atoms with van der Waals surface area (Å²) in [4.78, 5) is 0. The Morgan fingerprint density at radius 2 is 2.11 bits per heavy atom. The minimum atomic E-state index is -0.0834. The second kappa shape index (κ2) is 4.88. The molecule has 2 aromatic rings. The Hall–Kier alpha value is -1.72. The fraction of sp³-hybridized carbons (Fsp3) is 0.0909. The third kappa shape index (κ3) is 2.14. The highest BCUT2D eigenvalue weighted by Gasteiger charge is 2.14. The van der Waals surface area contributed by atoms with Crippen molar-refractivity contribution in [2.24, 2.45) is 10.9 Å². The van der Waals surface area contributed by atoms with Crippen molar-refractivity contribution >= 4 is 29.0 Å². The van der Waals surface area contributed by atoms with E-state index in [2.05, 4.69) is 10.3 Å². The highest BCUT2D eigenvalue weighted by molar-refractivity contribution is 6.34. The first-order valence-electron chi connectivity index (χ1n) is 5.03. The summed E-state index contributed by atoms with van der Waals surface area (Å²) >= 11 is 12.0. The molecule has 0 saturated heterocycles. The molecule has 0 amide bonds. The summed E-state index contributed by atoms with van der Waals surface area (Å²) in [5.41, 5.74) is 7.30. The number of hydrogen-bond acceptors (Lipinski definition) is 3. The molecule has 18 heavy (non-hydrogen) atoms. The molecule has 1 heterocycles. The van der Waals surface area contributed by atoms with Crippen LogP contribution in [0.3, 0.4) is 0 Å². The summed E-state index contributed by atoms with van der Waals surface area (Å²) < 4.78 is 1.54. The minimum absolute atomic E-state index is 0.0834. The van der Waals surface area contributed by atoms with Gasteiger partial charge < -0.3 is 10.9 Å². The number of oxime groups is 1. The topological polar surface area (TPSA) is 76.4 Å². The quantitative estimate of drug-likeness (QED) is 0.385. The highest BCUT2D eigenvalue weighted by Crippen LogP contribution is 2.24. The van der Waals surface area contributed by atoms with Gasteiger partial charge in [-0.15, -0.1) is 0 Å². The van der Waals surface area contributed by atoms with E-state index in [1.54, 1.807) is 31.3 Å². The Kier molecular flexibility index (Phi) is 3.45. The number of rotatable bonds is 2. The van der Waals surface area contributed by atoms with E-state index < -0.39 is 0 Å². The molecular formula is C11H10Cl2N4O. The van der Waals surface area contributed by atoms with Crippen molar-refractivity contribution in [3.05, 3.63) is 45.7 Å². The fourth-order valence-corrected chi connectivity index (χ4v) is 1.97. The Morgan fingerprint density at radius 1 is 1.39 bits per heavy atom. The number of amidine groups is 1. The van der Waals surface area contributed by atoms with Crippen LogP contribution < -0.4 is 5.73 Å².